The lowest BCUT2D eigenvalue weighted by molar-refractivity contribution is -0.137. The summed E-state index contributed by atoms with van der Waals surface area (Å²) in [6.07, 6.45) is -3.07. The minimum Gasteiger partial charge on any atom is -0.354 e. The summed E-state index contributed by atoms with van der Waals surface area (Å²) < 4.78 is 35.6. The van der Waals surface area contributed by atoms with Crippen LogP contribution in [0.25, 0.3) is 0 Å². The molecule has 4 nitrogen and oxygen atoms in total. The molecular weight excluding hydrogens is 237 g/mol. The molecule has 2 N–H and O–H groups in total. The maximum absolute atomic E-state index is 11.9. The number of carbonyl (C=O) groups is 2. The number of alkyl halides is 3. The molecule has 0 saturated carbocycles. The van der Waals surface area contributed by atoms with Gasteiger partial charge in [-0.15, -0.1) is 0 Å². The summed E-state index contributed by atoms with van der Waals surface area (Å²) in [6, 6.07) is -0.696. The molecule has 0 spiro atoms. The Morgan fingerprint density at radius 3 is 2.76 bits per heavy atom. The molecule has 0 aromatic heterocycles. The minimum absolute atomic E-state index is 0.224. The highest BCUT2D eigenvalue weighted by Crippen LogP contribution is 2.18. The van der Waals surface area contributed by atoms with Crippen molar-refractivity contribution in [2.75, 3.05) is 6.54 Å². The Morgan fingerprint density at radius 2 is 2.12 bits per heavy atom. The maximum Gasteiger partial charge on any atom is 0.390 e. The number of halogens is 3. The molecule has 98 valence electrons. The molecule has 0 bridgehead atoms. The van der Waals surface area contributed by atoms with Gasteiger partial charge in [0.25, 0.3) is 0 Å². The van der Waals surface area contributed by atoms with Crippen molar-refractivity contribution >= 4 is 11.8 Å². The number of hydrogen-bond acceptors (Lipinski definition) is 2. The average molecular weight is 252 g/mol. The lowest BCUT2D eigenvalue weighted by Gasteiger charge is -2.16. The molecule has 1 fully saturated rings. The molecule has 0 aromatic rings. The molecule has 0 aromatic carbocycles. The third kappa shape index (κ3) is 5.55. The Bertz CT molecular complexity index is 292. The monoisotopic (exact) mass is 252 g/mol. The van der Waals surface area contributed by atoms with Crippen LogP contribution >= 0.6 is 0 Å². The summed E-state index contributed by atoms with van der Waals surface area (Å²) in [5.41, 5.74) is 0. The van der Waals surface area contributed by atoms with Gasteiger partial charge in [0.1, 0.15) is 6.04 Å². The topological polar surface area (TPSA) is 58.2 Å². The molecule has 1 saturated heterocycles. The van der Waals surface area contributed by atoms with Crippen molar-refractivity contribution < 1.29 is 22.8 Å². The van der Waals surface area contributed by atoms with Crippen LogP contribution in [0.5, 0.6) is 0 Å². The van der Waals surface area contributed by atoms with Crippen LogP contribution in [0.4, 0.5) is 13.2 Å². The van der Waals surface area contributed by atoms with Gasteiger partial charge in [-0.25, -0.2) is 0 Å². The van der Waals surface area contributed by atoms with Gasteiger partial charge < -0.3 is 10.6 Å². The second-order valence-corrected chi connectivity index (χ2v) is 4.02. The SMILES string of the molecule is O=C1CCCCC(C(=O)NCCC(F)(F)F)N1. The largest absolute Gasteiger partial charge is 0.390 e. The predicted molar refractivity (Wildman–Crippen MR) is 54.1 cm³/mol. The molecule has 1 heterocycles. The van der Waals surface area contributed by atoms with Gasteiger partial charge in [-0.1, -0.05) is 6.42 Å². The van der Waals surface area contributed by atoms with Crippen LogP contribution in [0.1, 0.15) is 32.1 Å². The van der Waals surface area contributed by atoms with E-state index in [-0.39, 0.29) is 5.91 Å². The fourth-order valence-electron chi connectivity index (χ4n) is 1.62. The summed E-state index contributed by atoms with van der Waals surface area (Å²) in [5.74, 6) is -0.761. The van der Waals surface area contributed by atoms with Crippen molar-refractivity contribution in [3.8, 4) is 0 Å². The minimum atomic E-state index is -4.28. The van der Waals surface area contributed by atoms with E-state index in [1.54, 1.807) is 0 Å². The van der Waals surface area contributed by atoms with E-state index in [0.29, 0.717) is 19.3 Å². The van der Waals surface area contributed by atoms with E-state index < -0.39 is 31.1 Å². The Labute approximate surface area is 96.9 Å². The van der Waals surface area contributed by atoms with Gasteiger partial charge in [0.05, 0.1) is 6.42 Å². The third-order valence-electron chi connectivity index (χ3n) is 2.51. The van der Waals surface area contributed by atoms with Crippen LogP contribution < -0.4 is 10.6 Å². The Hall–Kier alpha value is -1.27. The highest BCUT2D eigenvalue weighted by molar-refractivity contribution is 5.87. The highest BCUT2D eigenvalue weighted by atomic mass is 19.4. The number of nitrogens with one attached hydrogen (secondary N) is 2. The molecule has 0 radical (unpaired) electrons. The first kappa shape index (κ1) is 13.8. The first-order valence-corrected chi connectivity index (χ1v) is 5.52. The zero-order valence-corrected chi connectivity index (χ0v) is 9.27. The molecule has 0 aliphatic carbocycles. The zero-order chi connectivity index (χ0) is 12.9. The molecule has 17 heavy (non-hydrogen) atoms. The van der Waals surface area contributed by atoms with E-state index in [1.807, 2.05) is 0 Å². The van der Waals surface area contributed by atoms with Crippen molar-refractivity contribution in [2.45, 2.75) is 44.3 Å². The molecule has 2 amide bonds. The van der Waals surface area contributed by atoms with Crippen molar-refractivity contribution in [2.24, 2.45) is 0 Å². The molecule has 1 unspecified atom stereocenters. The molecule has 1 atom stereocenters. The fraction of sp³-hybridized carbons (Fsp3) is 0.800. The van der Waals surface area contributed by atoms with Crippen molar-refractivity contribution in [3.05, 3.63) is 0 Å². The van der Waals surface area contributed by atoms with Gasteiger partial charge in [-0.05, 0) is 12.8 Å². The molecular formula is C10H15F3N2O2. The van der Waals surface area contributed by atoms with Crippen LogP contribution in [0.15, 0.2) is 0 Å². The van der Waals surface area contributed by atoms with E-state index in [9.17, 15) is 22.8 Å². The van der Waals surface area contributed by atoms with Crippen LogP contribution in [0, 0.1) is 0 Å². The van der Waals surface area contributed by atoms with E-state index in [0.717, 1.165) is 6.42 Å². The smallest absolute Gasteiger partial charge is 0.354 e. The summed E-state index contributed by atoms with van der Waals surface area (Å²) in [7, 11) is 0. The summed E-state index contributed by atoms with van der Waals surface area (Å²) in [4.78, 5) is 22.6. The molecule has 1 rings (SSSR count). The van der Waals surface area contributed by atoms with Gasteiger partial charge in [0.15, 0.2) is 0 Å². The van der Waals surface area contributed by atoms with Crippen LogP contribution in [-0.2, 0) is 9.59 Å². The summed E-state index contributed by atoms with van der Waals surface area (Å²) in [5, 5.41) is 4.68. The van der Waals surface area contributed by atoms with Crippen LogP contribution in [0.2, 0.25) is 0 Å². The zero-order valence-electron chi connectivity index (χ0n) is 9.27. The number of amides is 2. The van der Waals surface area contributed by atoms with Crippen molar-refractivity contribution in [1.29, 1.82) is 0 Å². The molecule has 7 heteroatoms. The van der Waals surface area contributed by atoms with E-state index in [1.165, 1.54) is 0 Å². The lowest BCUT2D eigenvalue weighted by Crippen LogP contribution is -2.46. The second kappa shape index (κ2) is 5.88. The highest BCUT2D eigenvalue weighted by Gasteiger charge is 2.28. The number of hydrogen-bond donors (Lipinski definition) is 2. The van der Waals surface area contributed by atoms with Gasteiger partial charge in [0.2, 0.25) is 11.8 Å². The van der Waals surface area contributed by atoms with E-state index in [2.05, 4.69) is 10.6 Å². The molecule has 1 aliphatic rings. The van der Waals surface area contributed by atoms with Gasteiger partial charge >= 0.3 is 6.18 Å². The standard InChI is InChI=1S/C10H15F3N2O2/c11-10(12,13)5-6-14-9(17)7-3-1-2-4-8(16)15-7/h7H,1-6H2,(H,14,17)(H,15,16). The Kier molecular flexibility index (Phi) is 4.77. The number of carbonyl (C=O) groups excluding carboxylic acids is 2. The normalized spacial score (nSPS) is 21.6. The quantitative estimate of drug-likeness (QED) is 0.790. The first-order valence-electron chi connectivity index (χ1n) is 5.52. The second-order valence-electron chi connectivity index (χ2n) is 4.02. The molecule has 1 aliphatic heterocycles. The number of rotatable bonds is 3. The summed E-state index contributed by atoms with van der Waals surface area (Å²) >= 11 is 0. The van der Waals surface area contributed by atoms with Crippen LogP contribution in [-0.4, -0.2) is 30.6 Å². The van der Waals surface area contributed by atoms with E-state index >= 15 is 0 Å². The lowest BCUT2D eigenvalue weighted by atomic mass is 10.1. The van der Waals surface area contributed by atoms with Crippen molar-refractivity contribution in [1.82, 2.24) is 10.6 Å². The maximum atomic E-state index is 11.9. The summed E-state index contributed by atoms with van der Waals surface area (Å²) in [6.45, 7) is -0.450. The van der Waals surface area contributed by atoms with Gasteiger partial charge in [-0.3, -0.25) is 9.59 Å². The van der Waals surface area contributed by atoms with Crippen molar-refractivity contribution in [3.63, 3.8) is 0 Å². The average Bonchev–Trinajstić information content (AvgIpc) is 2.40. The van der Waals surface area contributed by atoms with E-state index in [4.69, 9.17) is 0 Å². The Balaban J connectivity index is 2.33. The van der Waals surface area contributed by atoms with Crippen LogP contribution in [0.3, 0.4) is 0 Å². The third-order valence-corrected chi connectivity index (χ3v) is 2.51. The Morgan fingerprint density at radius 1 is 1.41 bits per heavy atom. The first-order chi connectivity index (χ1) is 7.88. The van der Waals surface area contributed by atoms with Gasteiger partial charge in [-0.2, -0.15) is 13.2 Å². The fourth-order valence-corrected chi connectivity index (χ4v) is 1.62. The predicted octanol–water partition coefficient (Wildman–Crippen LogP) is 1.11. The van der Waals surface area contributed by atoms with Gasteiger partial charge in [0, 0.05) is 13.0 Å².